The third kappa shape index (κ3) is 3.57. The van der Waals surface area contributed by atoms with Crippen LogP contribution in [0.5, 0.6) is 5.75 Å². The first-order valence-corrected chi connectivity index (χ1v) is 9.02. The van der Waals surface area contributed by atoms with Gasteiger partial charge in [-0.25, -0.2) is 4.98 Å². The minimum atomic E-state index is -0.756. The summed E-state index contributed by atoms with van der Waals surface area (Å²) in [6.45, 7) is 6.90. The van der Waals surface area contributed by atoms with E-state index in [0.29, 0.717) is 6.54 Å². The van der Waals surface area contributed by atoms with E-state index >= 15 is 0 Å². The van der Waals surface area contributed by atoms with Gasteiger partial charge in [0.1, 0.15) is 11.4 Å². The van der Waals surface area contributed by atoms with Crippen molar-refractivity contribution in [3.8, 4) is 5.75 Å². The Bertz CT molecular complexity index is 605. The fourth-order valence-corrected chi connectivity index (χ4v) is 2.46. The van der Waals surface area contributed by atoms with Gasteiger partial charge in [-0.3, -0.25) is 4.99 Å². The summed E-state index contributed by atoms with van der Waals surface area (Å²) in [5.41, 5.74) is 3.15. The highest BCUT2D eigenvalue weighted by atomic mass is 28.3. The van der Waals surface area contributed by atoms with E-state index in [-0.39, 0.29) is 0 Å². The summed E-state index contributed by atoms with van der Waals surface area (Å²) in [4.78, 5) is 8.79. The molecule has 1 heterocycles. The molecule has 0 saturated heterocycles. The minimum absolute atomic E-state index is 0.612. The number of aryl methyl sites for hydroxylation is 1. The molecule has 105 valence electrons. The second-order valence-electron chi connectivity index (χ2n) is 4.91. The number of aromatic nitrogens is 2. The third-order valence-corrected chi connectivity index (χ3v) is 3.66. The van der Waals surface area contributed by atoms with Crippen molar-refractivity contribution >= 4 is 15.3 Å². The lowest BCUT2D eigenvalue weighted by Gasteiger charge is -2.11. The van der Waals surface area contributed by atoms with E-state index in [2.05, 4.69) is 29.1 Å². The molecule has 0 aliphatic heterocycles. The highest BCUT2D eigenvalue weighted by molar-refractivity contribution is 6.49. The normalized spacial score (nSPS) is 11.4. The molecule has 0 bridgehead atoms. The molecule has 0 fully saturated rings. The van der Waals surface area contributed by atoms with Crippen molar-refractivity contribution in [1.82, 2.24) is 9.55 Å². The Balaban J connectivity index is 2.09. The van der Waals surface area contributed by atoms with Crippen LogP contribution in [-0.4, -0.2) is 24.8 Å². The number of nitrogens with zero attached hydrogens (tertiary/aromatic N) is 3. The second kappa shape index (κ2) is 6.52. The van der Waals surface area contributed by atoms with E-state index in [1.165, 1.54) is 0 Å². The van der Waals surface area contributed by atoms with E-state index in [1.54, 1.807) is 6.33 Å². The van der Waals surface area contributed by atoms with Crippen LogP contribution in [0.4, 0.5) is 0 Å². The van der Waals surface area contributed by atoms with Crippen LogP contribution in [0.15, 0.2) is 35.6 Å². The first kappa shape index (κ1) is 14.5. The monoisotopic (exact) mass is 286 g/mol. The average Bonchev–Trinajstić information content (AvgIpc) is 2.72. The standard InChI is InChI=1S/C15H20N3OSi/c1-12-14(17-11-18(12)2)10-16-9-13-7-5-6-8-15(13)19-20(3)4/h5-8,10-11H,9H2,1-4H3. The number of para-hydroxylation sites is 1. The molecule has 1 radical (unpaired) electrons. The van der Waals surface area contributed by atoms with E-state index < -0.39 is 9.04 Å². The largest absolute Gasteiger partial charge is 0.542 e. The van der Waals surface area contributed by atoms with Crippen molar-refractivity contribution in [2.24, 2.45) is 12.0 Å². The summed E-state index contributed by atoms with van der Waals surface area (Å²) in [5.74, 6) is 0.946. The lowest BCUT2D eigenvalue weighted by atomic mass is 10.2. The van der Waals surface area contributed by atoms with Crippen LogP contribution in [-0.2, 0) is 13.6 Å². The third-order valence-electron chi connectivity index (χ3n) is 3.03. The molecule has 0 atom stereocenters. The predicted molar refractivity (Wildman–Crippen MR) is 83.8 cm³/mol. The van der Waals surface area contributed by atoms with Crippen LogP contribution in [0, 0.1) is 6.92 Å². The fourth-order valence-electron chi connectivity index (χ4n) is 1.82. The predicted octanol–water partition coefficient (Wildman–Crippen LogP) is 2.98. The SMILES string of the molecule is Cc1c(C=NCc2ccccc2O[Si](C)C)ncn1C. The lowest BCUT2D eigenvalue weighted by Crippen LogP contribution is -2.12. The maximum Gasteiger partial charge on any atom is 0.274 e. The van der Waals surface area contributed by atoms with Gasteiger partial charge in [0, 0.05) is 24.5 Å². The smallest absolute Gasteiger partial charge is 0.274 e. The maximum absolute atomic E-state index is 5.88. The van der Waals surface area contributed by atoms with Gasteiger partial charge in [0.25, 0.3) is 9.04 Å². The number of rotatable bonds is 5. The summed E-state index contributed by atoms with van der Waals surface area (Å²) < 4.78 is 7.87. The van der Waals surface area contributed by atoms with Gasteiger partial charge in [-0.05, 0) is 26.1 Å². The molecule has 0 amide bonds. The molecule has 1 aromatic carbocycles. The maximum atomic E-state index is 5.88. The zero-order valence-corrected chi connectivity index (χ0v) is 13.4. The van der Waals surface area contributed by atoms with Crippen LogP contribution < -0.4 is 4.43 Å². The molecular formula is C15H20N3OSi. The first-order chi connectivity index (χ1) is 9.58. The van der Waals surface area contributed by atoms with Gasteiger partial charge < -0.3 is 8.99 Å². The Labute approximate surface area is 121 Å². The van der Waals surface area contributed by atoms with Crippen molar-refractivity contribution in [1.29, 1.82) is 0 Å². The van der Waals surface area contributed by atoms with Gasteiger partial charge in [0.15, 0.2) is 0 Å². The topological polar surface area (TPSA) is 39.4 Å². The Kier molecular flexibility index (Phi) is 4.73. The molecule has 2 aromatic rings. The van der Waals surface area contributed by atoms with Gasteiger partial charge in [0.2, 0.25) is 0 Å². The molecule has 1 aromatic heterocycles. The summed E-state index contributed by atoms with van der Waals surface area (Å²) in [6.07, 6.45) is 3.63. The van der Waals surface area contributed by atoms with Gasteiger partial charge >= 0.3 is 0 Å². The van der Waals surface area contributed by atoms with E-state index in [4.69, 9.17) is 4.43 Å². The molecule has 0 aliphatic carbocycles. The molecule has 0 unspecified atom stereocenters. The van der Waals surface area contributed by atoms with Crippen LogP contribution in [0.2, 0.25) is 13.1 Å². The Morgan fingerprint density at radius 1 is 1.35 bits per heavy atom. The van der Waals surface area contributed by atoms with Crippen LogP contribution in [0.1, 0.15) is 17.0 Å². The van der Waals surface area contributed by atoms with Crippen LogP contribution >= 0.6 is 0 Å². The number of hydrogen-bond acceptors (Lipinski definition) is 3. The Morgan fingerprint density at radius 2 is 2.10 bits per heavy atom. The zero-order valence-electron chi connectivity index (χ0n) is 12.4. The van der Waals surface area contributed by atoms with Crippen LogP contribution in [0.25, 0.3) is 0 Å². The number of aliphatic imine (C=N–C) groups is 1. The molecular weight excluding hydrogens is 266 g/mol. The molecule has 0 spiro atoms. The molecule has 2 rings (SSSR count). The Morgan fingerprint density at radius 3 is 2.75 bits per heavy atom. The van der Waals surface area contributed by atoms with Gasteiger partial charge in [0.05, 0.1) is 12.9 Å². The summed E-state index contributed by atoms with van der Waals surface area (Å²) in [6, 6.07) is 8.08. The number of imidazole rings is 1. The molecule has 5 heteroatoms. The summed E-state index contributed by atoms with van der Waals surface area (Å²) in [7, 11) is 1.22. The second-order valence-corrected chi connectivity index (χ2v) is 6.93. The molecule has 4 nitrogen and oxygen atoms in total. The lowest BCUT2D eigenvalue weighted by molar-refractivity contribution is 0.572. The molecule has 0 saturated carbocycles. The van der Waals surface area contributed by atoms with E-state index in [1.807, 2.05) is 43.0 Å². The summed E-state index contributed by atoms with van der Waals surface area (Å²) in [5, 5.41) is 0. The van der Waals surface area contributed by atoms with E-state index in [9.17, 15) is 0 Å². The molecule has 0 aliphatic rings. The van der Waals surface area contributed by atoms with E-state index in [0.717, 1.165) is 22.7 Å². The van der Waals surface area contributed by atoms with Crippen molar-refractivity contribution in [3.05, 3.63) is 47.5 Å². The quantitative estimate of drug-likeness (QED) is 0.626. The number of benzene rings is 1. The van der Waals surface area contributed by atoms with Crippen molar-refractivity contribution in [2.75, 3.05) is 0 Å². The average molecular weight is 286 g/mol. The van der Waals surface area contributed by atoms with Gasteiger partial charge in [-0.15, -0.1) is 0 Å². The van der Waals surface area contributed by atoms with Crippen molar-refractivity contribution in [3.63, 3.8) is 0 Å². The van der Waals surface area contributed by atoms with Gasteiger partial charge in [-0.1, -0.05) is 18.2 Å². The Hall–Kier alpha value is -1.88. The minimum Gasteiger partial charge on any atom is -0.542 e. The zero-order chi connectivity index (χ0) is 14.5. The van der Waals surface area contributed by atoms with Crippen molar-refractivity contribution < 1.29 is 4.43 Å². The first-order valence-electron chi connectivity index (χ1n) is 6.61. The summed E-state index contributed by atoms with van der Waals surface area (Å²) >= 11 is 0. The van der Waals surface area contributed by atoms with Crippen molar-refractivity contribution in [2.45, 2.75) is 26.6 Å². The fraction of sp³-hybridized carbons (Fsp3) is 0.333. The highest BCUT2D eigenvalue weighted by Gasteiger charge is 2.05. The highest BCUT2D eigenvalue weighted by Crippen LogP contribution is 2.19. The molecule has 0 N–H and O–H groups in total. The number of hydrogen-bond donors (Lipinski definition) is 0. The van der Waals surface area contributed by atoms with Crippen LogP contribution in [0.3, 0.4) is 0 Å². The molecule has 20 heavy (non-hydrogen) atoms. The van der Waals surface area contributed by atoms with Gasteiger partial charge in [-0.2, -0.15) is 0 Å².